The second kappa shape index (κ2) is 7.75. The smallest absolute Gasteiger partial charge is 0.300 e. The largest absolute Gasteiger partial charge is 0.481 e. The number of nitrogens with one attached hydrogen (secondary N) is 3. The molecule has 1 fully saturated rings. The van der Waals surface area contributed by atoms with Gasteiger partial charge in [-0.25, -0.2) is 0 Å². The summed E-state index contributed by atoms with van der Waals surface area (Å²) in [4.78, 5) is 24.4. The van der Waals surface area contributed by atoms with E-state index in [-0.39, 0.29) is 11.9 Å². The van der Waals surface area contributed by atoms with Crippen LogP contribution < -0.4 is 10.6 Å². The van der Waals surface area contributed by atoms with Gasteiger partial charge in [0, 0.05) is 25.1 Å². The molecule has 2 heterocycles. The number of carboxylic acid groups (broad SMARTS) is 1. The molecule has 1 aliphatic heterocycles. The Labute approximate surface area is 133 Å². The summed E-state index contributed by atoms with van der Waals surface area (Å²) in [5, 5.41) is 24.4. The minimum absolute atomic E-state index is 0.152. The quantitative estimate of drug-likeness (QED) is 0.559. The first-order valence-corrected chi connectivity index (χ1v) is 7.44. The Kier molecular flexibility index (Phi) is 5.72. The topological polar surface area (TPSA) is 114 Å². The van der Waals surface area contributed by atoms with E-state index in [9.17, 15) is 9.90 Å². The third kappa shape index (κ3) is 4.54. The van der Waals surface area contributed by atoms with Crippen LogP contribution in [0.2, 0.25) is 0 Å². The van der Waals surface area contributed by atoms with Gasteiger partial charge < -0.3 is 25.8 Å². The van der Waals surface area contributed by atoms with Gasteiger partial charge >= 0.3 is 0 Å². The van der Waals surface area contributed by atoms with Crippen LogP contribution in [0.25, 0.3) is 10.9 Å². The molecule has 7 heteroatoms. The highest BCUT2D eigenvalue weighted by molar-refractivity contribution is 6.05. The van der Waals surface area contributed by atoms with Gasteiger partial charge in [0.05, 0.1) is 23.2 Å². The van der Waals surface area contributed by atoms with Crippen molar-refractivity contribution in [3.63, 3.8) is 0 Å². The molecule has 7 nitrogen and oxygen atoms in total. The molecule has 2 aromatic rings. The number of hydrogen-bond acceptors (Lipinski definition) is 4. The molecule has 1 aromatic carbocycles. The van der Waals surface area contributed by atoms with Crippen LogP contribution in [0.4, 0.5) is 0 Å². The second-order valence-electron chi connectivity index (χ2n) is 5.41. The molecule has 3 rings (SSSR count). The summed E-state index contributed by atoms with van der Waals surface area (Å²) < 4.78 is 0. The zero-order chi connectivity index (χ0) is 16.8. The number of benzene rings is 1. The maximum absolute atomic E-state index is 12.3. The predicted octanol–water partition coefficient (Wildman–Crippen LogP) is 0.711. The zero-order valence-electron chi connectivity index (χ0n) is 12.9. The van der Waals surface area contributed by atoms with Crippen molar-refractivity contribution in [3.05, 3.63) is 36.0 Å². The fraction of sp³-hybridized carbons (Fsp3) is 0.375. The van der Waals surface area contributed by atoms with Gasteiger partial charge in [-0.1, -0.05) is 12.1 Å². The van der Waals surface area contributed by atoms with Crippen molar-refractivity contribution in [2.24, 2.45) is 0 Å². The lowest BCUT2D eigenvalue weighted by molar-refractivity contribution is -0.134. The molecule has 1 amide bonds. The molecular weight excluding hydrogens is 298 g/mol. The van der Waals surface area contributed by atoms with E-state index in [0.717, 1.165) is 24.4 Å². The third-order valence-corrected chi connectivity index (χ3v) is 3.59. The number of aliphatic carboxylic acids is 1. The standard InChI is InChI=1S/C14H17N3O2.C2H4O2/c18-12-5-6-15-8-11(12)17-14(19)10-3-1-2-9-4-7-16-13(9)10;1-2(3)4/h1-4,7,11-12,15-16,18H,5-6,8H2,(H,17,19);1H3,(H,3,4)/t11-,12+;/m0./s1. The maximum atomic E-state index is 12.3. The molecule has 0 radical (unpaired) electrons. The molecule has 0 aliphatic carbocycles. The second-order valence-corrected chi connectivity index (χ2v) is 5.41. The molecule has 0 bridgehead atoms. The van der Waals surface area contributed by atoms with Crippen LogP contribution >= 0.6 is 0 Å². The van der Waals surface area contributed by atoms with Crippen molar-refractivity contribution >= 4 is 22.8 Å². The molecule has 0 spiro atoms. The van der Waals surface area contributed by atoms with Gasteiger partial charge in [0.1, 0.15) is 0 Å². The van der Waals surface area contributed by atoms with Crippen LogP contribution in [0.1, 0.15) is 23.7 Å². The summed E-state index contributed by atoms with van der Waals surface area (Å²) in [6.45, 7) is 2.48. The Morgan fingerprint density at radius 3 is 2.74 bits per heavy atom. The van der Waals surface area contributed by atoms with Gasteiger partial charge in [-0.2, -0.15) is 0 Å². The normalized spacial score (nSPS) is 20.4. The molecule has 0 unspecified atom stereocenters. The number of amides is 1. The fourth-order valence-electron chi connectivity index (χ4n) is 2.51. The molecule has 2 atom stereocenters. The number of carbonyl (C=O) groups excluding carboxylic acids is 1. The van der Waals surface area contributed by atoms with Crippen molar-refractivity contribution in [3.8, 4) is 0 Å². The molecule has 1 saturated heterocycles. The van der Waals surface area contributed by atoms with E-state index in [2.05, 4.69) is 15.6 Å². The highest BCUT2D eigenvalue weighted by Gasteiger charge is 2.25. The van der Waals surface area contributed by atoms with E-state index in [1.807, 2.05) is 24.4 Å². The lowest BCUT2D eigenvalue weighted by Gasteiger charge is -2.29. The van der Waals surface area contributed by atoms with Crippen LogP contribution in [0, 0.1) is 0 Å². The van der Waals surface area contributed by atoms with Gasteiger partial charge in [-0.3, -0.25) is 9.59 Å². The van der Waals surface area contributed by atoms with Crippen LogP contribution in [-0.4, -0.2) is 52.3 Å². The van der Waals surface area contributed by atoms with Crippen molar-refractivity contribution in [1.29, 1.82) is 0 Å². The zero-order valence-corrected chi connectivity index (χ0v) is 12.9. The summed E-state index contributed by atoms with van der Waals surface area (Å²) in [6.07, 6.45) is 2.00. The molecule has 5 N–H and O–H groups in total. The number of fused-ring (bicyclic) bond motifs is 1. The molecule has 124 valence electrons. The number of aromatic nitrogens is 1. The number of aromatic amines is 1. The number of rotatable bonds is 2. The molecule has 23 heavy (non-hydrogen) atoms. The van der Waals surface area contributed by atoms with Gasteiger partial charge in [0.2, 0.25) is 0 Å². The van der Waals surface area contributed by atoms with Gasteiger partial charge in [0.25, 0.3) is 11.9 Å². The first-order chi connectivity index (χ1) is 11.0. The number of piperidine rings is 1. The summed E-state index contributed by atoms with van der Waals surface area (Å²) >= 11 is 0. The number of hydrogen-bond donors (Lipinski definition) is 5. The van der Waals surface area contributed by atoms with E-state index in [1.165, 1.54) is 0 Å². The van der Waals surface area contributed by atoms with E-state index >= 15 is 0 Å². The number of carbonyl (C=O) groups is 2. The lowest BCUT2D eigenvalue weighted by atomic mass is 10.0. The predicted molar refractivity (Wildman–Crippen MR) is 86.4 cm³/mol. The Balaban J connectivity index is 0.000000433. The first kappa shape index (κ1) is 17.0. The average Bonchev–Trinajstić information content (AvgIpc) is 2.97. The highest BCUT2D eigenvalue weighted by Crippen LogP contribution is 2.17. The fourth-order valence-corrected chi connectivity index (χ4v) is 2.51. The van der Waals surface area contributed by atoms with Crippen LogP contribution in [0.5, 0.6) is 0 Å². The SMILES string of the molecule is CC(=O)O.O=C(N[C@H]1CNCC[C@H]1O)c1cccc2cc[nH]c12. The van der Waals surface area contributed by atoms with Gasteiger partial charge in [-0.05, 0) is 25.1 Å². The Morgan fingerprint density at radius 1 is 1.30 bits per heavy atom. The van der Waals surface area contributed by atoms with E-state index in [4.69, 9.17) is 9.90 Å². The van der Waals surface area contributed by atoms with E-state index in [0.29, 0.717) is 18.5 Å². The lowest BCUT2D eigenvalue weighted by Crippen LogP contribution is -2.53. The summed E-state index contributed by atoms with van der Waals surface area (Å²) in [5.41, 5.74) is 1.44. The minimum atomic E-state index is -0.833. The maximum Gasteiger partial charge on any atom is 0.300 e. The number of aliphatic hydroxyl groups excluding tert-OH is 1. The van der Waals surface area contributed by atoms with Crippen molar-refractivity contribution in [1.82, 2.24) is 15.6 Å². The molecule has 1 aromatic heterocycles. The highest BCUT2D eigenvalue weighted by atomic mass is 16.4. The molecule has 1 aliphatic rings. The average molecular weight is 319 g/mol. The number of aliphatic hydroxyl groups is 1. The van der Waals surface area contributed by atoms with Crippen LogP contribution in [0.15, 0.2) is 30.5 Å². The van der Waals surface area contributed by atoms with Crippen molar-refractivity contribution in [2.75, 3.05) is 13.1 Å². The van der Waals surface area contributed by atoms with Crippen molar-refractivity contribution in [2.45, 2.75) is 25.5 Å². The number of carboxylic acids is 1. The Morgan fingerprint density at radius 2 is 2.04 bits per heavy atom. The summed E-state index contributed by atoms with van der Waals surface area (Å²) in [6, 6.07) is 7.31. The van der Waals surface area contributed by atoms with Crippen LogP contribution in [-0.2, 0) is 4.79 Å². The summed E-state index contributed by atoms with van der Waals surface area (Å²) in [5.74, 6) is -0.985. The van der Waals surface area contributed by atoms with E-state index < -0.39 is 12.1 Å². The van der Waals surface area contributed by atoms with E-state index in [1.54, 1.807) is 6.07 Å². The van der Waals surface area contributed by atoms with Crippen LogP contribution in [0.3, 0.4) is 0 Å². The van der Waals surface area contributed by atoms with Gasteiger partial charge in [0.15, 0.2) is 0 Å². The Bertz CT molecular complexity index is 679. The number of para-hydroxylation sites is 1. The minimum Gasteiger partial charge on any atom is -0.481 e. The summed E-state index contributed by atoms with van der Waals surface area (Å²) in [7, 11) is 0. The molecular formula is C16H21N3O4. The molecule has 0 saturated carbocycles. The monoisotopic (exact) mass is 319 g/mol. The third-order valence-electron chi connectivity index (χ3n) is 3.59. The van der Waals surface area contributed by atoms with Gasteiger partial charge in [-0.15, -0.1) is 0 Å². The van der Waals surface area contributed by atoms with Crippen molar-refractivity contribution < 1.29 is 19.8 Å². The number of H-pyrrole nitrogens is 1. The Hall–Kier alpha value is -2.38. The first-order valence-electron chi connectivity index (χ1n) is 7.44.